The summed E-state index contributed by atoms with van der Waals surface area (Å²) in [6.07, 6.45) is -0.463. The molecule has 0 aromatic heterocycles. The number of piperazine rings is 1. The lowest BCUT2D eigenvalue weighted by Crippen LogP contribution is -2.50. The van der Waals surface area contributed by atoms with Crippen molar-refractivity contribution in [3.63, 3.8) is 0 Å². The topological polar surface area (TPSA) is 105 Å². The van der Waals surface area contributed by atoms with E-state index in [9.17, 15) is 18.0 Å². The van der Waals surface area contributed by atoms with Gasteiger partial charge in [0.1, 0.15) is 18.1 Å². The van der Waals surface area contributed by atoms with Gasteiger partial charge in [-0.3, -0.25) is 9.52 Å². The van der Waals surface area contributed by atoms with Crippen LogP contribution in [-0.4, -0.2) is 56.4 Å². The number of rotatable bonds is 8. The average molecular weight is 641 g/mol. The summed E-state index contributed by atoms with van der Waals surface area (Å²) in [6, 6.07) is 26.4. The number of sulfonamides is 1. The standard InChI is InChI=1S/C31H27Cl2N3O6S/c32-23-10-15-28(34-43(39,40)25-13-11-24(12-14-25)42-29-9-5-4-8-27(29)33)26(20-23)30(37)35-16-18-36(19-17-35)31(38)41-21-22-6-2-1-3-7-22/h1-15,20,34H,16-19,21H2. The Morgan fingerprint density at radius 3 is 2.14 bits per heavy atom. The van der Waals surface area contributed by atoms with Crippen molar-refractivity contribution in [2.45, 2.75) is 11.5 Å². The Hall–Kier alpha value is -4.25. The zero-order valence-corrected chi connectivity index (χ0v) is 25.1. The molecule has 1 N–H and O–H groups in total. The lowest BCUT2D eigenvalue weighted by molar-refractivity contribution is 0.0544. The van der Waals surface area contributed by atoms with Crippen molar-refractivity contribution in [1.82, 2.24) is 9.80 Å². The molecule has 1 aliphatic rings. The molecule has 0 atom stereocenters. The number of anilines is 1. The second kappa shape index (κ2) is 13.4. The first-order valence-corrected chi connectivity index (χ1v) is 15.5. The van der Waals surface area contributed by atoms with Crippen molar-refractivity contribution in [1.29, 1.82) is 0 Å². The van der Waals surface area contributed by atoms with Crippen molar-refractivity contribution in [2.24, 2.45) is 0 Å². The molecular formula is C31H27Cl2N3O6S. The Morgan fingerprint density at radius 2 is 1.44 bits per heavy atom. The second-order valence-corrected chi connectivity index (χ2v) is 12.1. The fourth-order valence-corrected chi connectivity index (χ4v) is 5.83. The van der Waals surface area contributed by atoms with Gasteiger partial charge in [0.2, 0.25) is 0 Å². The largest absolute Gasteiger partial charge is 0.456 e. The molecule has 1 aliphatic heterocycles. The highest BCUT2D eigenvalue weighted by Gasteiger charge is 2.28. The third-order valence-corrected chi connectivity index (χ3v) is 8.61. The van der Waals surface area contributed by atoms with Crippen LogP contribution in [0, 0.1) is 0 Å². The number of hydrogen-bond acceptors (Lipinski definition) is 6. The number of nitrogens with zero attached hydrogens (tertiary/aromatic N) is 2. The van der Waals surface area contributed by atoms with E-state index in [1.165, 1.54) is 47.4 Å². The van der Waals surface area contributed by atoms with Crippen LogP contribution in [0.5, 0.6) is 11.5 Å². The molecule has 1 heterocycles. The Balaban J connectivity index is 1.23. The molecule has 0 spiro atoms. The van der Waals surface area contributed by atoms with Crippen molar-refractivity contribution in [3.05, 3.63) is 118 Å². The molecule has 12 heteroatoms. The van der Waals surface area contributed by atoms with Gasteiger partial charge in [-0.25, -0.2) is 13.2 Å². The van der Waals surface area contributed by atoms with Gasteiger partial charge in [-0.05, 0) is 60.2 Å². The van der Waals surface area contributed by atoms with E-state index in [0.717, 1.165) is 5.56 Å². The molecule has 222 valence electrons. The van der Waals surface area contributed by atoms with E-state index in [1.54, 1.807) is 29.2 Å². The molecule has 0 saturated carbocycles. The van der Waals surface area contributed by atoms with Crippen LogP contribution in [0.2, 0.25) is 10.0 Å². The number of nitrogens with one attached hydrogen (secondary N) is 1. The maximum Gasteiger partial charge on any atom is 0.410 e. The van der Waals surface area contributed by atoms with Crippen molar-refractivity contribution in [2.75, 3.05) is 30.9 Å². The lowest BCUT2D eigenvalue weighted by Gasteiger charge is -2.34. The summed E-state index contributed by atoms with van der Waals surface area (Å²) in [6.45, 7) is 1.17. The number of hydrogen-bond donors (Lipinski definition) is 1. The molecule has 0 bridgehead atoms. The summed E-state index contributed by atoms with van der Waals surface area (Å²) in [4.78, 5) is 29.1. The van der Waals surface area contributed by atoms with Crippen LogP contribution in [0.1, 0.15) is 15.9 Å². The minimum atomic E-state index is -4.07. The molecular weight excluding hydrogens is 613 g/mol. The normalized spacial score (nSPS) is 13.3. The highest BCUT2D eigenvalue weighted by molar-refractivity contribution is 7.92. The van der Waals surface area contributed by atoms with Crippen molar-refractivity contribution >= 4 is 50.9 Å². The zero-order chi connectivity index (χ0) is 30.4. The van der Waals surface area contributed by atoms with Gasteiger partial charge < -0.3 is 19.3 Å². The van der Waals surface area contributed by atoms with Gasteiger partial charge in [0.15, 0.2) is 0 Å². The minimum Gasteiger partial charge on any atom is -0.456 e. The first-order valence-electron chi connectivity index (χ1n) is 13.3. The van der Waals surface area contributed by atoms with Crippen LogP contribution in [0.3, 0.4) is 0 Å². The summed E-state index contributed by atoms with van der Waals surface area (Å²) in [5, 5.41) is 0.695. The highest BCUT2D eigenvalue weighted by Crippen LogP contribution is 2.30. The van der Waals surface area contributed by atoms with Crippen LogP contribution < -0.4 is 9.46 Å². The Morgan fingerprint density at radius 1 is 0.791 bits per heavy atom. The van der Waals surface area contributed by atoms with Crippen LogP contribution in [0.4, 0.5) is 10.5 Å². The Kier molecular flexibility index (Phi) is 9.40. The number of benzene rings is 4. The van der Waals surface area contributed by atoms with E-state index in [1.807, 2.05) is 30.3 Å². The summed E-state index contributed by atoms with van der Waals surface area (Å²) < 4.78 is 40.2. The third-order valence-electron chi connectivity index (χ3n) is 6.69. The minimum absolute atomic E-state index is 0.0324. The van der Waals surface area contributed by atoms with Crippen LogP contribution >= 0.6 is 23.2 Å². The molecule has 1 saturated heterocycles. The summed E-state index contributed by atoms with van der Waals surface area (Å²) in [7, 11) is -4.07. The van der Waals surface area contributed by atoms with Crippen molar-refractivity contribution in [3.8, 4) is 11.5 Å². The van der Waals surface area contributed by atoms with E-state index in [-0.39, 0.29) is 54.0 Å². The van der Waals surface area contributed by atoms with Gasteiger partial charge in [-0.15, -0.1) is 0 Å². The fourth-order valence-electron chi connectivity index (χ4n) is 4.40. The number of carbonyl (C=O) groups is 2. The molecule has 1 fully saturated rings. The summed E-state index contributed by atoms with van der Waals surface area (Å²) in [5.41, 5.74) is 1.05. The number of halogens is 2. The SMILES string of the molecule is O=C(OCc1ccccc1)N1CCN(C(=O)c2cc(Cl)ccc2NS(=O)(=O)c2ccc(Oc3ccccc3Cl)cc2)CC1. The fraction of sp³-hybridized carbons (Fsp3) is 0.161. The number of carbonyl (C=O) groups excluding carboxylic acids is 2. The summed E-state index contributed by atoms with van der Waals surface area (Å²) >= 11 is 12.3. The maximum atomic E-state index is 13.5. The maximum absolute atomic E-state index is 13.5. The number of amides is 2. The highest BCUT2D eigenvalue weighted by atomic mass is 35.5. The van der Waals surface area contributed by atoms with Crippen molar-refractivity contribution < 1.29 is 27.5 Å². The van der Waals surface area contributed by atoms with E-state index < -0.39 is 22.0 Å². The number of para-hydroxylation sites is 1. The Bertz CT molecular complexity index is 1710. The van der Waals surface area contributed by atoms with Crippen LogP contribution in [-0.2, 0) is 21.4 Å². The molecule has 2 amide bonds. The predicted molar refractivity (Wildman–Crippen MR) is 164 cm³/mol. The quantitative estimate of drug-likeness (QED) is 0.230. The van der Waals surface area contributed by atoms with Crippen LogP contribution in [0.15, 0.2) is 102 Å². The monoisotopic (exact) mass is 639 g/mol. The van der Waals surface area contributed by atoms with Gasteiger partial charge in [0.25, 0.3) is 15.9 Å². The molecule has 0 radical (unpaired) electrons. The van der Waals surface area contributed by atoms with Crippen LogP contribution in [0.25, 0.3) is 0 Å². The van der Waals surface area contributed by atoms with E-state index in [2.05, 4.69) is 4.72 Å². The first kappa shape index (κ1) is 30.2. The molecule has 4 aromatic rings. The van der Waals surface area contributed by atoms with E-state index in [0.29, 0.717) is 16.5 Å². The van der Waals surface area contributed by atoms with Gasteiger partial charge in [0, 0.05) is 31.2 Å². The molecule has 0 aliphatic carbocycles. The molecule has 5 rings (SSSR count). The summed E-state index contributed by atoms with van der Waals surface area (Å²) in [5.74, 6) is 0.422. The van der Waals surface area contributed by atoms with E-state index in [4.69, 9.17) is 32.7 Å². The van der Waals surface area contributed by atoms with Gasteiger partial charge in [0.05, 0.1) is 21.2 Å². The molecule has 0 unspecified atom stereocenters. The van der Waals surface area contributed by atoms with E-state index >= 15 is 0 Å². The molecule has 43 heavy (non-hydrogen) atoms. The predicted octanol–water partition coefficient (Wildman–Crippen LogP) is 6.68. The lowest BCUT2D eigenvalue weighted by atomic mass is 10.1. The van der Waals surface area contributed by atoms with Gasteiger partial charge in [-0.1, -0.05) is 65.7 Å². The second-order valence-electron chi connectivity index (χ2n) is 9.62. The Labute approximate surface area is 259 Å². The molecule has 9 nitrogen and oxygen atoms in total. The number of ether oxygens (including phenoxy) is 2. The average Bonchev–Trinajstić information content (AvgIpc) is 3.02. The zero-order valence-electron chi connectivity index (χ0n) is 22.8. The van der Waals surface area contributed by atoms with Gasteiger partial charge >= 0.3 is 6.09 Å². The van der Waals surface area contributed by atoms with Gasteiger partial charge in [-0.2, -0.15) is 0 Å². The first-order chi connectivity index (χ1) is 20.7. The third kappa shape index (κ3) is 7.59. The molecule has 4 aromatic carbocycles. The smallest absolute Gasteiger partial charge is 0.410 e.